The van der Waals surface area contributed by atoms with Crippen molar-refractivity contribution in [2.45, 2.75) is 72.6 Å². The van der Waals surface area contributed by atoms with E-state index in [0.29, 0.717) is 6.04 Å². The van der Waals surface area contributed by atoms with Crippen LogP contribution < -0.4 is 5.32 Å². The molecule has 0 aromatic carbocycles. The number of hydrogen-bond donors (Lipinski definition) is 1. The molecular weight excluding hydrogens is 236 g/mol. The van der Waals surface area contributed by atoms with Crippen molar-refractivity contribution in [3.63, 3.8) is 0 Å². The molecule has 1 heterocycles. The molecule has 0 aliphatic heterocycles. The lowest BCUT2D eigenvalue weighted by Gasteiger charge is -2.26. The second kappa shape index (κ2) is 7.11. The molecule has 0 radical (unpaired) electrons. The highest BCUT2D eigenvalue weighted by atomic mass is 16.3. The van der Waals surface area contributed by atoms with Gasteiger partial charge in [-0.05, 0) is 53.7 Å². The minimum absolute atomic E-state index is 0.135. The zero-order valence-electron chi connectivity index (χ0n) is 13.4. The van der Waals surface area contributed by atoms with Gasteiger partial charge in [-0.3, -0.25) is 4.90 Å². The van der Waals surface area contributed by atoms with Crippen LogP contribution in [0, 0.1) is 0 Å². The molecule has 0 amide bonds. The van der Waals surface area contributed by atoms with E-state index in [1.807, 2.05) is 0 Å². The molecule has 0 aliphatic carbocycles. The van der Waals surface area contributed by atoms with Gasteiger partial charge in [0.05, 0.1) is 12.8 Å². The fraction of sp³-hybridized carbons (Fsp3) is 0.750. The van der Waals surface area contributed by atoms with Crippen LogP contribution in [0.4, 0.5) is 0 Å². The van der Waals surface area contributed by atoms with Crippen molar-refractivity contribution in [3.8, 4) is 0 Å². The lowest BCUT2D eigenvalue weighted by atomic mass is 10.1. The molecule has 3 nitrogen and oxygen atoms in total. The third kappa shape index (κ3) is 5.79. The molecular formula is C16H30N2O. The summed E-state index contributed by atoms with van der Waals surface area (Å²) in [5, 5.41) is 3.52. The van der Waals surface area contributed by atoms with Crippen LogP contribution in [-0.4, -0.2) is 23.0 Å². The van der Waals surface area contributed by atoms with Gasteiger partial charge < -0.3 is 9.73 Å². The third-order valence-electron chi connectivity index (χ3n) is 3.23. The van der Waals surface area contributed by atoms with Gasteiger partial charge in [-0.15, -0.1) is 0 Å². The highest BCUT2D eigenvalue weighted by molar-refractivity contribution is 5.17. The maximum atomic E-state index is 5.68. The van der Waals surface area contributed by atoms with E-state index in [1.165, 1.54) is 12.0 Å². The summed E-state index contributed by atoms with van der Waals surface area (Å²) in [7, 11) is 0. The molecule has 19 heavy (non-hydrogen) atoms. The number of nitrogens with zero attached hydrogens (tertiary/aromatic N) is 1. The Morgan fingerprint density at radius 1 is 1.32 bits per heavy atom. The molecule has 1 N–H and O–H groups in total. The predicted molar refractivity (Wildman–Crippen MR) is 81.1 cm³/mol. The summed E-state index contributed by atoms with van der Waals surface area (Å²) < 4.78 is 5.68. The second-order valence-corrected chi connectivity index (χ2v) is 6.54. The highest BCUT2D eigenvalue weighted by Crippen LogP contribution is 2.16. The third-order valence-corrected chi connectivity index (χ3v) is 3.23. The molecule has 1 aromatic heterocycles. The number of rotatable bonds is 7. The van der Waals surface area contributed by atoms with E-state index in [9.17, 15) is 0 Å². The summed E-state index contributed by atoms with van der Waals surface area (Å²) in [5.74, 6) is 1.10. The Balaban J connectivity index is 2.65. The minimum Gasteiger partial charge on any atom is -0.468 e. The van der Waals surface area contributed by atoms with Crippen molar-refractivity contribution in [2.75, 3.05) is 6.54 Å². The molecule has 0 bridgehead atoms. The molecule has 0 atom stereocenters. The summed E-state index contributed by atoms with van der Waals surface area (Å²) in [6.07, 6.45) is 2.98. The van der Waals surface area contributed by atoms with E-state index in [-0.39, 0.29) is 5.54 Å². The van der Waals surface area contributed by atoms with Crippen LogP contribution in [0.2, 0.25) is 0 Å². The second-order valence-electron chi connectivity index (χ2n) is 6.54. The average molecular weight is 266 g/mol. The predicted octanol–water partition coefficient (Wildman–Crippen LogP) is 3.79. The van der Waals surface area contributed by atoms with Crippen LogP contribution in [0.25, 0.3) is 0 Å². The van der Waals surface area contributed by atoms with Crippen molar-refractivity contribution in [1.29, 1.82) is 0 Å². The van der Waals surface area contributed by atoms with Gasteiger partial charge in [-0.2, -0.15) is 0 Å². The molecule has 1 rings (SSSR count). The Labute approximate surface area is 118 Å². The summed E-state index contributed by atoms with van der Waals surface area (Å²) >= 11 is 0. The van der Waals surface area contributed by atoms with E-state index < -0.39 is 0 Å². The first-order valence-corrected chi connectivity index (χ1v) is 7.37. The van der Waals surface area contributed by atoms with Crippen LogP contribution in [0.15, 0.2) is 16.7 Å². The van der Waals surface area contributed by atoms with E-state index in [0.717, 1.165) is 25.4 Å². The van der Waals surface area contributed by atoms with Gasteiger partial charge in [-0.1, -0.05) is 6.92 Å². The zero-order valence-corrected chi connectivity index (χ0v) is 13.4. The van der Waals surface area contributed by atoms with Gasteiger partial charge in [0.2, 0.25) is 0 Å². The molecule has 0 saturated heterocycles. The molecule has 3 heteroatoms. The van der Waals surface area contributed by atoms with Crippen LogP contribution in [-0.2, 0) is 13.1 Å². The van der Waals surface area contributed by atoms with Crippen molar-refractivity contribution < 1.29 is 4.42 Å². The lowest BCUT2D eigenvalue weighted by molar-refractivity contribution is 0.195. The van der Waals surface area contributed by atoms with Gasteiger partial charge in [0.1, 0.15) is 5.76 Å². The van der Waals surface area contributed by atoms with Crippen molar-refractivity contribution in [2.24, 2.45) is 0 Å². The van der Waals surface area contributed by atoms with Gasteiger partial charge in [0.25, 0.3) is 0 Å². The van der Waals surface area contributed by atoms with Crippen molar-refractivity contribution in [3.05, 3.63) is 23.7 Å². The normalized spacial score (nSPS) is 12.6. The standard InChI is InChI=1S/C16H30N2O/c1-7-9-18(13(2)3)12-15-14(8-10-19-15)11-17-16(4,5)6/h8,10,13,17H,7,9,11-12H2,1-6H3. The van der Waals surface area contributed by atoms with Gasteiger partial charge in [0, 0.05) is 23.7 Å². The lowest BCUT2D eigenvalue weighted by Crippen LogP contribution is -2.35. The molecule has 0 fully saturated rings. The largest absolute Gasteiger partial charge is 0.468 e. The molecule has 0 saturated carbocycles. The molecule has 0 spiro atoms. The number of hydrogen-bond acceptors (Lipinski definition) is 3. The van der Waals surface area contributed by atoms with Crippen LogP contribution >= 0.6 is 0 Å². The first-order chi connectivity index (χ1) is 8.83. The summed E-state index contributed by atoms with van der Waals surface area (Å²) in [6, 6.07) is 2.63. The Kier molecular flexibility index (Phi) is 6.08. The first kappa shape index (κ1) is 16.3. The van der Waals surface area contributed by atoms with Crippen molar-refractivity contribution in [1.82, 2.24) is 10.2 Å². The fourth-order valence-corrected chi connectivity index (χ4v) is 2.02. The van der Waals surface area contributed by atoms with E-state index in [2.05, 4.69) is 57.8 Å². The minimum atomic E-state index is 0.135. The van der Waals surface area contributed by atoms with E-state index in [1.54, 1.807) is 6.26 Å². The molecule has 0 unspecified atom stereocenters. The topological polar surface area (TPSA) is 28.4 Å². The van der Waals surface area contributed by atoms with Crippen molar-refractivity contribution >= 4 is 0 Å². The summed E-state index contributed by atoms with van der Waals surface area (Å²) in [6.45, 7) is 16.1. The Bertz CT molecular complexity index is 363. The smallest absolute Gasteiger partial charge is 0.122 e. The first-order valence-electron chi connectivity index (χ1n) is 7.37. The van der Waals surface area contributed by atoms with Crippen LogP contribution in [0.3, 0.4) is 0 Å². The summed E-state index contributed by atoms with van der Waals surface area (Å²) in [5.41, 5.74) is 1.41. The van der Waals surface area contributed by atoms with Crippen LogP contribution in [0.1, 0.15) is 59.3 Å². The van der Waals surface area contributed by atoms with E-state index in [4.69, 9.17) is 4.42 Å². The quantitative estimate of drug-likeness (QED) is 0.814. The van der Waals surface area contributed by atoms with Gasteiger partial charge in [-0.25, -0.2) is 0 Å². The Morgan fingerprint density at radius 2 is 2.00 bits per heavy atom. The molecule has 0 aliphatic rings. The highest BCUT2D eigenvalue weighted by Gasteiger charge is 2.16. The summed E-state index contributed by atoms with van der Waals surface area (Å²) in [4.78, 5) is 2.46. The number of nitrogens with one attached hydrogen (secondary N) is 1. The van der Waals surface area contributed by atoms with Gasteiger partial charge in [0.15, 0.2) is 0 Å². The SMILES string of the molecule is CCCN(Cc1occc1CNC(C)(C)C)C(C)C. The maximum Gasteiger partial charge on any atom is 0.122 e. The molecule has 110 valence electrons. The molecule has 1 aromatic rings. The number of furan rings is 1. The Morgan fingerprint density at radius 3 is 2.53 bits per heavy atom. The monoisotopic (exact) mass is 266 g/mol. The zero-order chi connectivity index (χ0) is 14.5. The maximum absolute atomic E-state index is 5.68. The fourth-order valence-electron chi connectivity index (χ4n) is 2.02. The average Bonchev–Trinajstić information content (AvgIpc) is 2.72. The Hall–Kier alpha value is -0.800. The van der Waals surface area contributed by atoms with Crippen LogP contribution in [0.5, 0.6) is 0 Å². The van der Waals surface area contributed by atoms with Gasteiger partial charge >= 0.3 is 0 Å². The van der Waals surface area contributed by atoms with E-state index >= 15 is 0 Å².